The summed E-state index contributed by atoms with van der Waals surface area (Å²) < 4.78 is 17.6. The van der Waals surface area contributed by atoms with E-state index in [1.54, 1.807) is 0 Å². The molecule has 0 radical (unpaired) electrons. The van der Waals surface area contributed by atoms with E-state index in [2.05, 4.69) is 0 Å². The third-order valence-corrected chi connectivity index (χ3v) is 4.97. The number of hydrogen-bond donors (Lipinski definition) is 0. The average Bonchev–Trinajstić information content (AvgIpc) is 2.79. The second kappa shape index (κ2) is 6.64. The molecule has 0 amide bonds. The Hall–Kier alpha value is -1.00. The van der Waals surface area contributed by atoms with E-state index in [0.29, 0.717) is 5.75 Å². The molecule has 1 saturated heterocycles. The highest BCUT2D eigenvalue weighted by Crippen LogP contribution is 2.18. The average molecular weight is 294 g/mol. The second-order valence-corrected chi connectivity index (χ2v) is 7.08. The zero-order valence-electron chi connectivity index (χ0n) is 12.4. The van der Waals surface area contributed by atoms with E-state index in [-0.39, 0.29) is 17.6 Å². The molecule has 1 aromatic rings. The number of Topliss-reactive ketones (excluding diaryl/α,β-unsaturated/α-hetero) is 1. The maximum absolute atomic E-state index is 12.3. The minimum atomic E-state index is -1.14. The summed E-state index contributed by atoms with van der Waals surface area (Å²) in [6.45, 7) is 6.66. The highest BCUT2D eigenvalue weighted by molar-refractivity contribution is 7.85. The van der Waals surface area contributed by atoms with Crippen LogP contribution in [0.2, 0.25) is 0 Å². The lowest BCUT2D eigenvalue weighted by molar-refractivity contribution is 0.102. The Morgan fingerprint density at radius 2 is 1.95 bits per heavy atom. The number of ether oxygens (including phenoxy) is 1. The lowest BCUT2D eigenvalue weighted by atomic mass is 9.97. The number of ketones is 1. The number of aryl methyl sites for hydroxylation is 3. The smallest absolute Gasteiger partial charge is 0.175 e. The van der Waals surface area contributed by atoms with Crippen molar-refractivity contribution in [3.05, 3.63) is 34.4 Å². The van der Waals surface area contributed by atoms with Gasteiger partial charge in [-0.1, -0.05) is 17.7 Å². The normalized spacial score (nSPS) is 20.1. The van der Waals surface area contributed by atoms with Crippen molar-refractivity contribution in [1.29, 1.82) is 0 Å². The van der Waals surface area contributed by atoms with Crippen LogP contribution in [0.4, 0.5) is 0 Å². The van der Waals surface area contributed by atoms with Gasteiger partial charge < -0.3 is 4.74 Å². The second-order valence-electron chi connectivity index (χ2n) is 5.58. The minimum Gasteiger partial charge on any atom is -0.377 e. The molecule has 110 valence electrons. The highest BCUT2D eigenvalue weighted by atomic mass is 32.2. The lowest BCUT2D eigenvalue weighted by Crippen LogP contribution is -2.22. The molecular formula is C16H22O3S. The third kappa shape index (κ3) is 3.76. The fourth-order valence-corrected chi connectivity index (χ4v) is 4.11. The Morgan fingerprint density at radius 3 is 2.50 bits per heavy atom. The van der Waals surface area contributed by atoms with E-state index in [0.717, 1.165) is 41.7 Å². The number of carbonyl (C=O) groups excluding carboxylic acids is 1. The van der Waals surface area contributed by atoms with Crippen molar-refractivity contribution in [3.63, 3.8) is 0 Å². The molecule has 1 fully saturated rings. The van der Waals surface area contributed by atoms with E-state index < -0.39 is 10.8 Å². The predicted molar refractivity (Wildman–Crippen MR) is 81.8 cm³/mol. The maximum Gasteiger partial charge on any atom is 0.175 e. The summed E-state index contributed by atoms with van der Waals surface area (Å²) in [4.78, 5) is 12.3. The van der Waals surface area contributed by atoms with Crippen LogP contribution in [0.15, 0.2) is 12.1 Å². The molecule has 3 nitrogen and oxygen atoms in total. The summed E-state index contributed by atoms with van der Waals surface area (Å²) >= 11 is 0. The van der Waals surface area contributed by atoms with E-state index in [1.165, 1.54) is 0 Å². The number of rotatable bonds is 5. The Kier molecular flexibility index (Phi) is 5.11. The largest absolute Gasteiger partial charge is 0.377 e. The van der Waals surface area contributed by atoms with Crippen LogP contribution >= 0.6 is 0 Å². The first-order valence-electron chi connectivity index (χ1n) is 7.05. The molecule has 20 heavy (non-hydrogen) atoms. The third-order valence-electron chi connectivity index (χ3n) is 3.64. The summed E-state index contributed by atoms with van der Waals surface area (Å²) in [6.07, 6.45) is 2.07. The van der Waals surface area contributed by atoms with Crippen molar-refractivity contribution >= 4 is 16.6 Å². The first-order chi connectivity index (χ1) is 9.47. The molecule has 2 atom stereocenters. The van der Waals surface area contributed by atoms with Crippen molar-refractivity contribution in [1.82, 2.24) is 0 Å². The van der Waals surface area contributed by atoms with Gasteiger partial charge in [0.1, 0.15) is 0 Å². The van der Waals surface area contributed by atoms with Gasteiger partial charge in [0, 0.05) is 23.0 Å². The zero-order chi connectivity index (χ0) is 14.7. The van der Waals surface area contributed by atoms with Gasteiger partial charge in [-0.15, -0.1) is 0 Å². The van der Waals surface area contributed by atoms with Gasteiger partial charge >= 0.3 is 0 Å². The standard InChI is InChI=1S/C16H22O3S/c1-11-7-12(2)16(13(3)8-11)15(17)10-20(18)9-14-5-4-6-19-14/h7-8,14H,4-6,9-10H2,1-3H3. The van der Waals surface area contributed by atoms with Crippen molar-refractivity contribution in [2.75, 3.05) is 18.1 Å². The Morgan fingerprint density at radius 1 is 1.30 bits per heavy atom. The molecule has 1 aliphatic heterocycles. The quantitative estimate of drug-likeness (QED) is 0.784. The van der Waals surface area contributed by atoms with Crippen LogP contribution in [0.25, 0.3) is 0 Å². The summed E-state index contributed by atoms with van der Waals surface area (Å²) in [5, 5.41) is 0. The van der Waals surface area contributed by atoms with Gasteiger partial charge in [0.2, 0.25) is 0 Å². The highest BCUT2D eigenvalue weighted by Gasteiger charge is 2.21. The van der Waals surface area contributed by atoms with E-state index in [4.69, 9.17) is 4.74 Å². The topological polar surface area (TPSA) is 43.4 Å². The fourth-order valence-electron chi connectivity index (χ4n) is 2.88. The van der Waals surface area contributed by atoms with Crippen molar-refractivity contribution in [3.8, 4) is 0 Å². The molecule has 0 spiro atoms. The first-order valence-corrected chi connectivity index (χ1v) is 8.54. The van der Waals surface area contributed by atoms with Crippen molar-refractivity contribution < 1.29 is 13.7 Å². The number of hydrogen-bond acceptors (Lipinski definition) is 3. The molecule has 0 aliphatic carbocycles. The maximum atomic E-state index is 12.3. The van der Waals surface area contributed by atoms with Crippen LogP contribution in [0, 0.1) is 20.8 Å². The number of carbonyl (C=O) groups is 1. The molecule has 4 heteroatoms. The Bertz CT molecular complexity index is 508. The van der Waals surface area contributed by atoms with E-state index in [9.17, 15) is 9.00 Å². The summed E-state index contributed by atoms with van der Waals surface area (Å²) in [7, 11) is -1.14. The van der Waals surface area contributed by atoms with Gasteiger partial charge in [-0.05, 0) is 44.7 Å². The van der Waals surface area contributed by atoms with Gasteiger partial charge in [0.05, 0.1) is 17.6 Å². The molecule has 1 aliphatic rings. The molecule has 0 bridgehead atoms. The van der Waals surface area contributed by atoms with Crippen LogP contribution in [0.5, 0.6) is 0 Å². The van der Waals surface area contributed by atoms with Crippen LogP contribution in [-0.4, -0.2) is 34.2 Å². The van der Waals surface area contributed by atoms with Gasteiger partial charge in [0.15, 0.2) is 5.78 Å². The Labute approximate surface area is 123 Å². The van der Waals surface area contributed by atoms with Crippen LogP contribution in [0.3, 0.4) is 0 Å². The van der Waals surface area contributed by atoms with Crippen molar-refractivity contribution in [2.24, 2.45) is 0 Å². The molecule has 2 rings (SSSR count). The van der Waals surface area contributed by atoms with Gasteiger partial charge in [-0.25, -0.2) is 0 Å². The van der Waals surface area contributed by atoms with Crippen molar-refractivity contribution in [2.45, 2.75) is 39.7 Å². The lowest BCUT2D eigenvalue weighted by Gasteiger charge is -2.12. The summed E-state index contributed by atoms with van der Waals surface area (Å²) in [6, 6.07) is 4.01. The van der Waals surface area contributed by atoms with Crippen LogP contribution in [0.1, 0.15) is 39.9 Å². The van der Waals surface area contributed by atoms with Crippen LogP contribution < -0.4 is 0 Å². The molecule has 2 unspecified atom stereocenters. The van der Waals surface area contributed by atoms with Gasteiger partial charge in [-0.2, -0.15) is 0 Å². The zero-order valence-corrected chi connectivity index (χ0v) is 13.2. The predicted octanol–water partition coefficient (Wildman–Crippen LogP) is 2.72. The van der Waals surface area contributed by atoms with Crippen LogP contribution in [-0.2, 0) is 15.5 Å². The molecule has 0 saturated carbocycles. The SMILES string of the molecule is Cc1cc(C)c(C(=O)CS(=O)CC2CCCO2)c(C)c1. The molecule has 0 aromatic heterocycles. The number of benzene rings is 1. The van der Waals surface area contributed by atoms with Gasteiger partial charge in [-0.3, -0.25) is 9.00 Å². The Balaban J connectivity index is 2.02. The molecule has 1 heterocycles. The minimum absolute atomic E-state index is 0.0173. The first kappa shape index (κ1) is 15.4. The monoisotopic (exact) mass is 294 g/mol. The summed E-state index contributed by atoms with van der Waals surface area (Å²) in [5.41, 5.74) is 3.83. The molecule has 0 N–H and O–H groups in total. The summed E-state index contributed by atoms with van der Waals surface area (Å²) in [5.74, 6) is 0.566. The van der Waals surface area contributed by atoms with E-state index in [1.807, 2.05) is 32.9 Å². The molecule has 1 aromatic carbocycles. The molecular weight excluding hydrogens is 272 g/mol. The fraction of sp³-hybridized carbons (Fsp3) is 0.562. The van der Waals surface area contributed by atoms with E-state index >= 15 is 0 Å². The van der Waals surface area contributed by atoms with Gasteiger partial charge in [0.25, 0.3) is 0 Å².